The fourth-order valence-corrected chi connectivity index (χ4v) is 3.62. The first-order valence-electron chi connectivity index (χ1n) is 8.71. The maximum atomic E-state index is 12.9. The lowest BCUT2D eigenvalue weighted by Crippen LogP contribution is -2.44. The van der Waals surface area contributed by atoms with Crippen LogP contribution in [0.2, 0.25) is 0 Å². The maximum absolute atomic E-state index is 12.9. The predicted octanol–water partition coefficient (Wildman–Crippen LogP) is 5.49. The summed E-state index contributed by atoms with van der Waals surface area (Å²) in [4.78, 5) is 31.0. The monoisotopic (exact) mass is 566 g/mol. The van der Waals surface area contributed by atoms with E-state index in [2.05, 4.69) is 48.6 Å². The van der Waals surface area contributed by atoms with Crippen LogP contribution in [0.4, 0.5) is 15.4 Å². The van der Waals surface area contributed by atoms with Gasteiger partial charge in [-0.05, 0) is 87.0 Å². The number of imide groups is 1. The lowest BCUT2D eigenvalue weighted by atomic mass is 10.2. The summed E-state index contributed by atoms with van der Waals surface area (Å²) in [5, 5.41) is 4.97. The van der Waals surface area contributed by atoms with Gasteiger partial charge in [0.25, 0.3) is 0 Å². The smallest absolute Gasteiger partial charge is 0.425 e. The van der Waals surface area contributed by atoms with E-state index >= 15 is 0 Å². The molecule has 154 valence electrons. The van der Waals surface area contributed by atoms with E-state index in [1.165, 1.54) is 0 Å². The van der Waals surface area contributed by atoms with Crippen molar-refractivity contribution in [2.24, 2.45) is 0 Å². The Kier molecular flexibility index (Phi) is 6.64. The highest BCUT2D eigenvalue weighted by atomic mass is 127. The normalized spacial score (nSPS) is 12.2. The molecule has 0 aliphatic carbocycles. The van der Waals surface area contributed by atoms with Gasteiger partial charge in [-0.25, -0.2) is 14.6 Å². The number of aromatic nitrogens is 3. The standard InChI is InChI=1S/C18H24BrIN4O4/c1-8-23-12-10(20)9-21-14(11(12)13(19)22-23)24(15(25)27-17(2,3)4)16(26)28-18(5,6)7/h9H,8H2,1-7H3. The van der Waals surface area contributed by atoms with Crippen molar-refractivity contribution in [2.45, 2.75) is 66.2 Å². The Balaban J connectivity index is 2.70. The van der Waals surface area contributed by atoms with Crippen molar-refractivity contribution in [3.05, 3.63) is 14.4 Å². The Bertz CT molecular complexity index is 887. The Morgan fingerprint density at radius 2 is 1.64 bits per heavy atom. The summed E-state index contributed by atoms with van der Waals surface area (Å²) in [5.41, 5.74) is -0.841. The second kappa shape index (κ2) is 8.13. The van der Waals surface area contributed by atoms with Crippen molar-refractivity contribution in [1.29, 1.82) is 0 Å². The zero-order chi connectivity index (χ0) is 21.4. The highest BCUT2D eigenvalue weighted by molar-refractivity contribution is 14.1. The summed E-state index contributed by atoms with van der Waals surface area (Å²) in [5.74, 6) is 0.102. The van der Waals surface area contributed by atoms with Crippen LogP contribution in [0.3, 0.4) is 0 Å². The molecule has 0 bridgehead atoms. The van der Waals surface area contributed by atoms with E-state index in [4.69, 9.17) is 9.47 Å². The van der Waals surface area contributed by atoms with Crippen molar-refractivity contribution >= 4 is 67.4 Å². The van der Waals surface area contributed by atoms with Crippen LogP contribution in [0, 0.1) is 3.57 Å². The van der Waals surface area contributed by atoms with E-state index in [0.717, 1.165) is 14.0 Å². The lowest BCUT2D eigenvalue weighted by Gasteiger charge is -2.28. The molecule has 0 unspecified atom stereocenters. The Morgan fingerprint density at radius 1 is 1.14 bits per heavy atom. The molecule has 2 aromatic rings. The second-order valence-corrected chi connectivity index (χ2v) is 9.97. The number of ether oxygens (including phenoxy) is 2. The van der Waals surface area contributed by atoms with Gasteiger partial charge in [0.15, 0.2) is 5.82 Å². The van der Waals surface area contributed by atoms with Crippen LogP contribution in [0.1, 0.15) is 48.5 Å². The van der Waals surface area contributed by atoms with Gasteiger partial charge in [-0.3, -0.25) is 4.68 Å². The molecule has 0 aliphatic rings. The number of halogens is 2. The molecule has 0 saturated heterocycles. The zero-order valence-electron chi connectivity index (χ0n) is 17.0. The molecule has 0 atom stereocenters. The van der Waals surface area contributed by atoms with E-state index in [1.54, 1.807) is 52.4 Å². The largest absolute Gasteiger partial charge is 0.443 e. The number of anilines is 1. The summed E-state index contributed by atoms with van der Waals surface area (Å²) in [6, 6.07) is 0. The van der Waals surface area contributed by atoms with Gasteiger partial charge in [0.1, 0.15) is 15.8 Å². The summed E-state index contributed by atoms with van der Waals surface area (Å²) in [7, 11) is 0. The van der Waals surface area contributed by atoms with Crippen molar-refractivity contribution < 1.29 is 19.1 Å². The summed E-state index contributed by atoms with van der Waals surface area (Å²) >= 11 is 5.57. The fourth-order valence-electron chi connectivity index (χ4n) is 2.38. The minimum absolute atomic E-state index is 0.102. The maximum Gasteiger partial charge on any atom is 0.425 e. The van der Waals surface area contributed by atoms with Gasteiger partial charge in [0, 0.05) is 12.7 Å². The number of carbonyl (C=O) groups excluding carboxylic acids is 2. The number of aryl methyl sites for hydroxylation is 1. The van der Waals surface area contributed by atoms with Gasteiger partial charge < -0.3 is 9.47 Å². The number of nitrogens with zero attached hydrogens (tertiary/aromatic N) is 4. The average molecular weight is 567 g/mol. The van der Waals surface area contributed by atoms with Gasteiger partial charge in [-0.2, -0.15) is 10.00 Å². The highest BCUT2D eigenvalue weighted by Crippen LogP contribution is 2.35. The first-order valence-corrected chi connectivity index (χ1v) is 10.6. The molecule has 10 heteroatoms. The topological polar surface area (TPSA) is 86.6 Å². The van der Waals surface area contributed by atoms with Gasteiger partial charge in [0.2, 0.25) is 0 Å². The lowest BCUT2D eigenvalue weighted by molar-refractivity contribution is 0.0429. The van der Waals surface area contributed by atoms with Crippen molar-refractivity contribution in [2.75, 3.05) is 4.90 Å². The molecule has 0 aromatic carbocycles. The third kappa shape index (κ3) is 5.13. The van der Waals surface area contributed by atoms with Crippen LogP contribution in [0.5, 0.6) is 0 Å². The van der Waals surface area contributed by atoms with Crippen LogP contribution >= 0.6 is 38.5 Å². The molecular weight excluding hydrogens is 543 g/mol. The second-order valence-electron chi connectivity index (χ2n) is 8.06. The van der Waals surface area contributed by atoms with Crippen molar-refractivity contribution in [3.8, 4) is 0 Å². The SMILES string of the molecule is CCn1nc(Br)c2c(N(C(=O)OC(C)(C)C)C(=O)OC(C)(C)C)ncc(I)c21. The number of rotatable bonds is 2. The van der Waals surface area contributed by atoms with E-state index < -0.39 is 23.4 Å². The van der Waals surface area contributed by atoms with Crippen LogP contribution in [-0.4, -0.2) is 38.2 Å². The van der Waals surface area contributed by atoms with Crippen LogP contribution in [-0.2, 0) is 16.0 Å². The number of pyridine rings is 1. The predicted molar refractivity (Wildman–Crippen MR) is 119 cm³/mol. The summed E-state index contributed by atoms with van der Waals surface area (Å²) < 4.78 is 14.0. The Morgan fingerprint density at radius 3 is 2.07 bits per heavy atom. The molecule has 2 rings (SSSR count). The Labute approximate surface area is 186 Å². The van der Waals surface area contributed by atoms with Gasteiger partial charge in [0.05, 0.1) is 14.5 Å². The third-order valence-corrected chi connectivity index (χ3v) is 4.67. The minimum Gasteiger partial charge on any atom is -0.443 e. The number of fused-ring (bicyclic) bond motifs is 1. The van der Waals surface area contributed by atoms with E-state index in [0.29, 0.717) is 16.5 Å². The number of amides is 2. The molecule has 0 spiro atoms. The van der Waals surface area contributed by atoms with Crippen LogP contribution < -0.4 is 4.90 Å². The number of hydrogen-bond donors (Lipinski definition) is 0. The molecule has 8 nitrogen and oxygen atoms in total. The van der Waals surface area contributed by atoms with E-state index in [1.807, 2.05) is 6.92 Å². The number of carbonyl (C=O) groups is 2. The van der Waals surface area contributed by atoms with Gasteiger partial charge in [-0.15, -0.1) is 0 Å². The summed E-state index contributed by atoms with van der Waals surface area (Å²) in [6.45, 7) is 12.9. The molecular formula is C18H24BrIN4O4. The molecule has 0 fully saturated rings. The van der Waals surface area contributed by atoms with E-state index in [-0.39, 0.29) is 5.82 Å². The minimum atomic E-state index is -0.868. The Hall–Kier alpha value is -1.43. The van der Waals surface area contributed by atoms with Crippen molar-refractivity contribution in [3.63, 3.8) is 0 Å². The average Bonchev–Trinajstić information content (AvgIpc) is 2.84. The molecule has 0 radical (unpaired) electrons. The van der Waals surface area contributed by atoms with Crippen molar-refractivity contribution in [1.82, 2.24) is 14.8 Å². The molecule has 0 N–H and O–H groups in total. The van der Waals surface area contributed by atoms with Gasteiger partial charge >= 0.3 is 12.2 Å². The molecule has 28 heavy (non-hydrogen) atoms. The highest BCUT2D eigenvalue weighted by Gasteiger charge is 2.36. The molecule has 2 amide bonds. The molecule has 0 saturated carbocycles. The molecule has 2 aromatic heterocycles. The quantitative estimate of drug-likeness (QED) is 0.446. The molecule has 2 heterocycles. The van der Waals surface area contributed by atoms with Crippen LogP contribution in [0.25, 0.3) is 10.9 Å². The summed E-state index contributed by atoms with van der Waals surface area (Å²) in [6.07, 6.45) is -0.152. The van der Waals surface area contributed by atoms with Crippen LogP contribution in [0.15, 0.2) is 10.8 Å². The first-order chi connectivity index (χ1) is 12.7. The zero-order valence-corrected chi connectivity index (χ0v) is 20.7. The first kappa shape index (κ1) is 22.9. The fraction of sp³-hybridized carbons (Fsp3) is 0.556. The van der Waals surface area contributed by atoms with Gasteiger partial charge in [-0.1, -0.05) is 0 Å². The molecule has 0 aliphatic heterocycles. The third-order valence-electron chi connectivity index (χ3n) is 3.32. The number of hydrogen-bond acceptors (Lipinski definition) is 6. The van der Waals surface area contributed by atoms with E-state index in [9.17, 15) is 9.59 Å².